The van der Waals surface area contributed by atoms with Crippen molar-refractivity contribution < 1.29 is 23.7 Å². The number of fused-ring (bicyclic) bond motifs is 1. The lowest BCUT2D eigenvalue weighted by Gasteiger charge is -2.44. The Kier molecular flexibility index (Phi) is 8.05. The minimum atomic E-state index is -0.746. The molecule has 1 amide bonds. The average Bonchev–Trinajstić information content (AvgIpc) is 3.21. The predicted molar refractivity (Wildman–Crippen MR) is 134 cm³/mol. The van der Waals surface area contributed by atoms with Crippen molar-refractivity contribution in [2.45, 2.75) is 50.4 Å². The number of nitrogens with two attached hydrogens (primary N) is 1. The molecule has 2 aliphatic rings. The van der Waals surface area contributed by atoms with Gasteiger partial charge in [0.25, 0.3) is 0 Å². The molecule has 0 aromatic heterocycles. The Morgan fingerprint density at radius 3 is 1.78 bits per heavy atom. The van der Waals surface area contributed by atoms with Gasteiger partial charge >= 0.3 is 0 Å². The van der Waals surface area contributed by atoms with E-state index >= 15 is 0 Å². The molecule has 0 saturated carbocycles. The van der Waals surface area contributed by atoms with E-state index in [-0.39, 0.29) is 18.4 Å². The molecule has 3 aromatic carbocycles. The summed E-state index contributed by atoms with van der Waals surface area (Å²) in [5.41, 5.74) is 9.46. The highest BCUT2D eigenvalue weighted by Crippen LogP contribution is 2.35. The zero-order chi connectivity index (χ0) is 24.7. The molecule has 1 unspecified atom stereocenters. The zero-order valence-electron chi connectivity index (χ0n) is 20.1. The van der Waals surface area contributed by atoms with Crippen LogP contribution in [0.5, 0.6) is 0 Å². The minimum absolute atomic E-state index is 0.244. The topological polar surface area (TPSA) is 92.0 Å². The van der Waals surface area contributed by atoms with Gasteiger partial charge in [0.2, 0.25) is 5.91 Å². The average molecular weight is 489 g/mol. The molecule has 2 heterocycles. The molecule has 6 atom stereocenters. The molecule has 7 heteroatoms. The first-order chi connectivity index (χ1) is 17.7. The molecule has 0 radical (unpaired) electrons. The van der Waals surface area contributed by atoms with Crippen LogP contribution in [0.3, 0.4) is 0 Å². The van der Waals surface area contributed by atoms with Gasteiger partial charge < -0.3 is 30.0 Å². The first-order valence-corrected chi connectivity index (χ1v) is 12.3. The van der Waals surface area contributed by atoms with Gasteiger partial charge in [-0.15, -0.1) is 0 Å². The lowest BCUT2D eigenvalue weighted by molar-refractivity contribution is -0.243. The summed E-state index contributed by atoms with van der Waals surface area (Å²) in [5.74, 6) is -0.627. The maximum Gasteiger partial charge on any atom is 0.239 e. The van der Waals surface area contributed by atoms with Crippen molar-refractivity contribution in [1.82, 2.24) is 5.32 Å². The summed E-state index contributed by atoms with van der Waals surface area (Å²) in [6.07, 6.45) is -1.96. The van der Waals surface area contributed by atoms with E-state index in [9.17, 15) is 4.79 Å². The van der Waals surface area contributed by atoms with Crippen LogP contribution in [-0.2, 0) is 43.6 Å². The van der Waals surface area contributed by atoms with E-state index in [1.54, 1.807) is 0 Å². The van der Waals surface area contributed by atoms with Crippen molar-refractivity contribution in [1.29, 1.82) is 0 Å². The van der Waals surface area contributed by atoms with Crippen LogP contribution in [0, 0.1) is 5.92 Å². The summed E-state index contributed by atoms with van der Waals surface area (Å²) >= 11 is 0. The molecule has 3 N–H and O–H groups in total. The van der Waals surface area contributed by atoms with E-state index in [1.165, 1.54) is 0 Å². The largest absolute Gasteiger partial charge is 0.374 e. The van der Waals surface area contributed by atoms with Crippen LogP contribution in [0.4, 0.5) is 0 Å². The van der Waals surface area contributed by atoms with Gasteiger partial charge in [-0.1, -0.05) is 91.0 Å². The Morgan fingerprint density at radius 1 is 0.722 bits per heavy atom. The number of nitrogens with one attached hydrogen (secondary N) is 1. The Hall–Kier alpha value is -3.07. The van der Waals surface area contributed by atoms with Crippen LogP contribution in [0.2, 0.25) is 0 Å². The van der Waals surface area contributed by atoms with Gasteiger partial charge in [0.15, 0.2) is 0 Å². The fourth-order valence-corrected chi connectivity index (χ4v) is 4.84. The monoisotopic (exact) mass is 488 g/mol. The molecule has 188 valence electrons. The van der Waals surface area contributed by atoms with Gasteiger partial charge in [0.05, 0.1) is 44.5 Å². The molecular weight excluding hydrogens is 456 g/mol. The van der Waals surface area contributed by atoms with Gasteiger partial charge in [-0.05, 0) is 16.7 Å². The van der Waals surface area contributed by atoms with Crippen molar-refractivity contribution in [2.75, 3.05) is 6.61 Å². The lowest BCUT2D eigenvalue weighted by Crippen LogP contribution is -2.60. The van der Waals surface area contributed by atoms with Crippen molar-refractivity contribution in [3.05, 3.63) is 108 Å². The lowest BCUT2D eigenvalue weighted by atomic mass is 9.86. The standard InChI is InChI=1S/C29H32N2O5/c30-25-24-27(35-18-22-14-8-3-9-15-22)26(34-17-21-12-6-2-7-13-21)23(36-29(24)31-28(25)32)19-33-16-20-10-4-1-5-11-20/h1-15,23-27,29H,16-19,30H2,(H,31,32)/t23-,24-,25?,26+,27-,29+/m1/s1. The highest BCUT2D eigenvalue weighted by atomic mass is 16.6. The molecule has 0 spiro atoms. The first kappa shape index (κ1) is 24.6. The molecular formula is C29H32N2O5. The molecule has 0 aliphatic carbocycles. The Labute approximate surface area is 211 Å². The smallest absolute Gasteiger partial charge is 0.239 e. The predicted octanol–water partition coefficient (Wildman–Crippen LogP) is 3.17. The van der Waals surface area contributed by atoms with E-state index in [4.69, 9.17) is 24.7 Å². The fourth-order valence-electron chi connectivity index (χ4n) is 4.84. The number of carbonyl (C=O) groups is 1. The first-order valence-electron chi connectivity index (χ1n) is 12.3. The number of benzene rings is 3. The second-order valence-corrected chi connectivity index (χ2v) is 9.23. The van der Waals surface area contributed by atoms with Crippen molar-refractivity contribution in [3.63, 3.8) is 0 Å². The van der Waals surface area contributed by atoms with Crippen LogP contribution in [0.15, 0.2) is 91.0 Å². The molecule has 3 aromatic rings. The number of ether oxygens (including phenoxy) is 4. The van der Waals surface area contributed by atoms with Crippen molar-refractivity contribution in [3.8, 4) is 0 Å². The van der Waals surface area contributed by atoms with Crippen molar-refractivity contribution in [2.24, 2.45) is 11.7 Å². The SMILES string of the molecule is NC1C(=O)N[C@H]2O[C@H](COCc3ccccc3)[C@H](OCc3ccccc3)[C@H](OCc3ccccc3)[C@@H]12. The number of rotatable bonds is 10. The molecule has 0 bridgehead atoms. The van der Waals surface area contributed by atoms with E-state index in [0.717, 1.165) is 16.7 Å². The third kappa shape index (κ3) is 5.83. The Morgan fingerprint density at radius 2 is 1.22 bits per heavy atom. The van der Waals surface area contributed by atoms with Crippen LogP contribution in [0.25, 0.3) is 0 Å². The van der Waals surface area contributed by atoms with Crippen LogP contribution >= 0.6 is 0 Å². The summed E-state index contributed by atoms with van der Waals surface area (Å²) in [4.78, 5) is 12.5. The fraction of sp³-hybridized carbons (Fsp3) is 0.345. The summed E-state index contributed by atoms with van der Waals surface area (Å²) in [5, 5.41) is 2.89. The van der Waals surface area contributed by atoms with Gasteiger partial charge in [-0.2, -0.15) is 0 Å². The summed E-state index contributed by atoms with van der Waals surface area (Å²) in [6.45, 7) is 1.48. The van der Waals surface area contributed by atoms with E-state index in [1.807, 2.05) is 91.0 Å². The van der Waals surface area contributed by atoms with E-state index < -0.39 is 30.6 Å². The molecule has 5 rings (SSSR count). The number of hydrogen-bond acceptors (Lipinski definition) is 6. The third-order valence-electron chi connectivity index (χ3n) is 6.71. The maximum atomic E-state index is 12.5. The Balaban J connectivity index is 1.36. The van der Waals surface area contributed by atoms with E-state index in [0.29, 0.717) is 19.8 Å². The van der Waals surface area contributed by atoms with Crippen LogP contribution < -0.4 is 11.1 Å². The Bertz CT molecular complexity index is 1100. The highest BCUT2D eigenvalue weighted by Gasteiger charge is 2.55. The quantitative estimate of drug-likeness (QED) is 0.456. The molecule has 2 fully saturated rings. The third-order valence-corrected chi connectivity index (χ3v) is 6.71. The number of amides is 1. The van der Waals surface area contributed by atoms with Gasteiger partial charge in [0, 0.05) is 0 Å². The van der Waals surface area contributed by atoms with Crippen LogP contribution in [0.1, 0.15) is 16.7 Å². The summed E-state index contributed by atoms with van der Waals surface area (Å²) in [6, 6.07) is 29.1. The van der Waals surface area contributed by atoms with E-state index in [2.05, 4.69) is 5.32 Å². The number of hydrogen-bond donors (Lipinski definition) is 2. The van der Waals surface area contributed by atoms with Gasteiger partial charge in [0.1, 0.15) is 18.4 Å². The molecule has 7 nitrogen and oxygen atoms in total. The minimum Gasteiger partial charge on any atom is -0.374 e. The molecule has 2 aliphatic heterocycles. The van der Waals surface area contributed by atoms with Gasteiger partial charge in [-0.3, -0.25) is 4.79 Å². The molecule has 2 saturated heterocycles. The molecule has 36 heavy (non-hydrogen) atoms. The van der Waals surface area contributed by atoms with Crippen LogP contribution in [-0.4, -0.2) is 43.1 Å². The zero-order valence-corrected chi connectivity index (χ0v) is 20.1. The maximum absolute atomic E-state index is 12.5. The normalized spacial score (nSPS) is 27.4. The highest BCUT2D eigenvalue weighted by molar-refractivity contribution is 5.84. The second-order valence-electron chi connectivity index (χ2n) is 9.23. The van der Waals surface area contributed by atoms with Gasteiger partial charge in [-0.25, -0.2) is 0 Å². The summed E-state index contributed by atoms with van der Waals surface area (Å²) < 4.78 is 25.3. The van der Waals surface area contributed by atoms with Crippen molar-refractivity contribution >= 4 is 5.91 Å². The number of carbonyl (C=O) groups excluding carboxylic acids is 1. The second kappa shape index (κ2) is 11.8. The summed E-state index contributed by atoms with van der Waals surface area (Å²) in [7, 11) is 0.